The van der Waals surface area contributed by atoms with Crippen molar-refractivity contribution < 1.29 is 9.90 Å². The molecule has 0 fully saturated rings. The maximum Gasteiger partial charge on any atom is 0.256 e. The highest BCUT2D eigenvalue weighted by Crippen LogP contribution is 2.29. The number of aromatic hydroxyl groups is 1. The summed E-state index contributed by atoms with van der Waals surface area (Å²) in [6.07, 6.45) is 1.61. The van der Waals surface area contributed by atoms with Gasteiger partial charge in [0.25, 0.3) is 5.91 Å². The fourth-order valence-electron chi connectivity index (χ4n) is 2.57. The van der Waals surface area contributed by atoms with Crippen molar-refractivity contribution in [1.29, 1.82) is 0 Å². The highest BCUT2D eigenvalue weighted by Gasteiger charge is 2.30. The van der Waals surface area contributed by atoms with Crippen LogP contribution in [0.2, 0.25) is 0 Å². The predicted molar refractivity (Wildman–Crippen MR) is 95.3 cm³/mol. The topological polar surface area (TPSA) is 86.3 Å². The first-order valence-electron chi connectivity index (χ1n) is 7.34. The molecule has 0 radical (unpaired) electrons. The number of carbonyl (C=O) groups excluding carboxylic acids is 1. The number of nitrogens with zero attached hydrogens (tertiary/aromatic N) is 1. The second kappa shape index (κ2) is 6.67. The SMILES string of the molecule is CC1=C(C(=O)Nc2ccccn2)C(c2cccc(O)c2)NC(=S)N1. The van der Waals surface area contributed by atoms with E-state index >= 15 is 0 Å². The van der Waals surface area contributed by atoms with Crippen LogP contribution in [0.3, 0.4) is 0 Å². The molecule has 1 aliphatic heterocycles. The van der Waals surface area contributed by atoms with Gasteiger partial charge < -0.3 is 21.1 Å². The summed E-state index contributed by atoms with van der Waals surface area (Å²) in [5.74, 6) is 0.300. The lowest BCUT2D eigenvalue weighted by atomic mass is 9.95. The molecule has 2 aromatic rings. The van der Waals surface area contributed by atoms with Gasteiger partial charge in [-0.05, 0) is 49.0 Å². The van der Waals surface area contributed by atoms with Crippen molar-refractivity contribution in [3.8, 4) is 5.75 Å². The molecule has 0 spiro atoms. The second-order valence-corrected chi connectivity index (χ2v) is 5.74. The number of benzene rings is 1. The number of phenolic OH excluding ortho intramolecular Hbond substituents is 1. The average Bonchev–Trinajstić information content (AvgIpc) is 2.55. The summed E-state index contributed by atoms with van der Waals surface area (Å²) in [7, 11) is 0. The molecule has 0 bridgehead atoms. The Kier molecular flexibility index (Phi) is 4.43. The van der Waals surface area contributed by atoms with Crippen LogP contribution in [-0.4, -0.2) is 21.1 Å². The van der Waals surface area contributed by atoms with Gasteiger partial charge in [0.2, 0.25) is 0 Å². The van der Waals surface area contributed by atoms with E-state index in [2.05, 4.69) is 20.9 Å². The molecule has 1 amide bonds. The van der Waals surface area contributed by atoms with Gasteiger partial charge in [0.05, 0.1) is 11.6 Å². The first-order valence-corrected chi connectivity index (χ1v) is 7.75. The zero-order chi connectivity index (χ0) is 17.1. The number of phenols is 1. The van der Waals surface area contributed by atoms with Gasteiger partial charge >= 0.3 is 0 Å². The van der Waals surface area contributed by atoms with Gasteiger partial charge in [-0.25, -0.2) is 4.98 Å². The zero-order valence-corrected chi connectivity index (χ0v) is 13.7. The lowest BCUT2D eigenvalue weighted by Gasteiger charge is -2.30. The van der Waals surface area contributed by atoms with Crippen LogP contribution < -0.4 is 16.0 Å². The number of allylic oxidation sites excluding steroid dienone is 1. The fourth-order valence-corrected chi connectivity index (χ4v) is 2.84. The fraction of sp³-hybridized carbons (Fsp3) is 0.118. The van der Waals surface area contributed by atoms with E-state index in [1.54, 1.807) is 49.5 Å². The van der Waals surface area contributed by atoms with E-state index in [0.717, 1.165) is 5.56 Å². The van der Waals surface area contributed by atoms with E-state index in [0.29, 0.717) is 22.2 Å². The normalized spacial score (nSPS) is 17.0. The van der Waals surface area contributed by atoms with Gasteiger partial charge in [-0.2, -0.15) is 0 Å². The van der Waals surface area contributed by atoms with Crippen molar-refractivity contribution in [2.24, 2.45) is 0 Å². The number of nitrogens with one attached hydrogen (secondary N) is 3. The number of thiocarbonyl (C=S) groups is 1. The van der Waals surface area contributed by atoms with E-state index in [-0.39, 0.29) is 11.7 Å². The van der Waals surface area contributed by atoms with Crippen LogP contribution >= 0.6 is 12.2 Å². The lowest BCUT2D eigenvalue weighted by molar-refractivity contribution is -0.113. The quantitative estimate of drug-likeness (QED) is 0.641. The largest absolute Gasteiger partial charge is 0.508 e. The van der Waals surface area contributed by atoms with Gasteiger partial charge in [-0.3, -0.25) is 4.79 Å². The number of hydrogen-bond acceptors (Lipinski definition) is 4. The summed E-state index contributed by atoms with van der Waals surface area (Å²) in [6.45, 7) is 1.79. The molecule has 1 aromatic carbocycles. The Bertz CT molecular complexity index is 820. The average molecular weight is 340 g/mol. The molecular formula is C17H16N4O2S. The number of aromatic nitrogens is 1. The molecule has 1 aliphatic rings. The van der Waals surface area contributed by atoms with Gasteiger partial charge in [0.1, 0.15) is 11.6 Å². The van der Waals surface area contributed by atoms with Crippen LogP contribution in [0, 0.1) is 0 Å². The summed E-state index contributed by atoms with van der Waals surface area (Å²) in [5.41, 5.74) is 1.88. The second-order valence-electron chi connectivity index (χ2n) is 5.33. The van der Waals surface area contributed by atoms with Crippen molar-refractivity contribution in [2.75, 3.05) is 5.32 Å². The minimum absolute atomic E-state index is 0.126. The molecule has 1 atom stereocenters. The summed E-state index contributed by atoms with van der Waals surface area (Å²) in [5, 5.41) is 19.0. The maximum absolute atomic E-state index is 12.8. The van der Waals surface area contributed by atoms with Gasteiger partial charge in [-0.1, -0.05) is 18.2 Å². The van der Waals surface area contributed by atoms with Gasteiger partial charge in [-0.15, -0.1) is 0 Å². The molecule has 0 saturated carbocycles. The van der Waals surface area contributed by atoms with Crippen LogP contribution in [0.5, 0.6) is 5.75 Å². The van der Waals surface area contributed by atoms with Crippen molar-refractivity contribution in [3.05, 3.63) is 65.5 Å². The Labute approximate surface area is 144 Å². The summed E-state index contributed by atoms with van der Waals surface area (Å²) in [6, 6.07) is 11.6. The van der Waals surface area contributed by atoms with Crippen LogP contribution in [0.4, 0.5) is 5.82 Å². The maximum atomic E-state index is 12.8. The summed E-state index contributed by atoms with van der Waals surface area (Å²) in [4.78, 5) is 16.9. The van der Waals surface area contributed by atoms with Crippen molar-refractivity contribution in [2.45, 2.75) is 13.0 Å². The van der Waals surface area contributed by atoms with E-state index in [1.165, 1.54) is 0 Å². The number of hydrogen-bond donors (Lipinski definition) is 4. The Balaban J connectivity index is 1.96. The van der Waals surface area contributed by atoms with Crippen molar-refractivity contribution in [3.63, 3.8) is 0 Å². The van der Waals surface area contributed by atoms with Crippen LogP contribution in [0.25, 0.3) is 0 Å². The third kappa shape index (κ3) is 3.36. The smallest absolute Gasteiger partial charge is 0.256 e. The van der Waals surface area contributed by atoms with E-state index in [9.17, 15) is 9.90 Å². The molecule has 7 heteroatoms. The van der Waals surface area contributed by atoms with E-state index < -0.39 is 6.04 Å². The predicted octanol–water partition coefficient (Wildman–Crippen LogP) is 2.22. The van der Waals surface area contributed by atoms with E-state index in [1.807, 2.05) is 6.07 Å². The Morgan fingerprint density at radius 2 is 2.12 bits per heavy atom. The third-order valence-electron chi connectivity index (χ3n) is 3.62. The minimum Gasteiger partial charge on any atom is -0.508 e. The molecule has 1 unspecified atom stereocenters. The molecule has 0 aliphatic carbocycles. The Morgan fingerprint density at radius 3 is 2.83 bits per heavy atom. The molecule has 0 saturated heterocycles. The van der Waals surface area contributed by atoms with Crippen LogP contribution in [0.1, 0.15) is 18.5 Å². The Morgan fingerprint density at radius 1 is 1.29 bits per heavy atom. The zero-order valence-electron chi connectivity index (χ0n) is 12.9. The number of carbonyl (C=O) groups is 1. The molecule has 122 valence electrons. The van der Waals surface area contributed by atoms with Crippen LogP contribution in [0.15, 0.2) is 59.9 Å². The Hall–Kier alpha value is -2.93. The molecule has 1 aromatic heterocycles. The number of rotatable bonds is 3. The first-order chi connectivity index (χ1) is 11.5. The number of pyridine rings is 1. The van der Waals surface area contributed by atoms with E-state index in [4.69, 9.17) is 12.2 Å². The highest BCUT2D eigenvalue weighted by atomic mass is 32.1. The summed E-state index contributed by atoms with van der Waals surface area (Å²) >= 11 is 5.20. The monoisotopic (exact) mass is 340 g/mol. The number of anilines is 1. The third-order valence-corrected chi connectivity index (χ3v) is 3.84. The summed E-state index contributed by atoms with van der Waals surface area (Å²) < 4.78 is 0. The molecule has 24 heavy (non-hydrogen) atoms. The molecule has 6 nitrogen and oxygen atoms in total. The number of amides is 1. The van der Waals surface area contributed by atoms with Crippen LogP contribution in [-0.2, 0) is 4.79 Å². The molecule has 2 heterocycles. The van der Waals surface area contributed by atoms with Crippen molar-refractivity contribution >= 4 is 29.1 Å². The van der Waals surface area contributed by atoms with Gasteiger partial charge in [0.15, 0.2) is 5.11 Å². The minimum atomic E-state index is -0.463. The molecule has 3 rings (SSSR count). The van der Waals surface area contributed by atoms with Crippen molar-refractivity contribution in [1.82, 2.24) is 15.6 Å². The molecular weight excluding hydrogens is 324 g/mol. The van der Waals surface area contributed by atoms with Gasteiger partial charge in [0, 0.05) is 11.9 Å². The highest BCUT2D eigenvalue weighted by molar-refractivity contribution is 7.80. The molecule has 4 N–H and O–H groups in total. The lowest BCUT2D eigenvalue weighted by Crippen LogP contribution is -2.45. The first kappa shape index (κ1) is 15.9. The standard InChI is InChI=1S/C17H16N4O2S/c1-10-14(16(23)20-13-7-2-3-8-18-13)15(21-17(24)19-10)11-5-4-6-12(22)9-11/h2-9,15,22H,1H3,(H,18,20,23)(H2,19,21,24).